The van der Waals surface area contributed by atoms with E-state index in [1.807, 2.05) is 38.9 Å². The number of carbonyl (C=O) groups excluding carboxylic acids is 1. The molecular weight excluding hydrogens is 212 g/mol. The van der Waals surface area contributed by atoms with Crippen LogP contribution in [0, 0.1) is 10.8 Å². The Bertz CT molecular complexity index is 340. The van der Waals surface area contributed by atoms with Gasteiger partial charge in [0.15, 0.2) is 0 Å². The van der Waals surface area contributed by atoms with E-state index in [1.54, 1.807) is 6.92 Å². The zero-order valence-electron chi connectivity index (χ0n) is 12.4. The van der Waals surface area contributed by atoms with E-state index in [2.05, 4.69) is 20.8 Å². The first-order valence-corrected chi connectivity index (χ1v) is 5.92. The molecule has 0 aromatic heterocycles. The molecule has 0 unspecified atom stereocenters. The Labute approximate surface area is 105 Å². The first kappa shape index (κ1) is 15.9. The van der Waals surface area contributed by atoms with E-state index in [1.165, 1.54) is 0 Å². The predicted octanol–water partition coefficient (Wildman–Crippen LogP) is 3.26. The number of nitrogens with one attached hydrogen (secondary N) is 1. The van der Waals surface area contributed by atoms with E-state index >= 15 is 0 Å². The fourth-order valence-corrected chi connectivity index (χ4v) is 1.18. The summed E-state index contributed by atoms with van der Waals surface area (Å²) in [7, 11) is 1.96. The molecule has 0 heterocycles. The monoisotopic (exact) mass is 238 g/mol. The van der Waals surface area contributed by atoms with Crippen molar-refractivity contribution in [1.82, 2.24) is 4.90 Å². The van der Waals surface area contributed by atoms with E-state index in [-0.39, 0.29) is 22.4 Å². The number of hydrogen-bond acceptors (Lipinski definition) is 3. The van der Waals surface area contributed by atoms with Gasteiger partial charge in [-0.3, -0.25) is 4.79 Å². The van der Waals surface area contributed by atoms with Crippen LogP contribution in [0.2, 0.25) is 0 Å². The van der Waals surface area contributed by atoms with E-state index in [0.717, 1.165) is 0 Å². The van der Waals surface area contributed by atoms with Crippen molar-refractivity contribution < 1.29 is 4.79 Å². The second-order valence-corrected chi connectivity index (χ2v) is 6.53. The van der Waals surface area contributed by atoms with Crippen molar-refractivity contribution in [2.24, 2.45) is 5.41 Å². The van der Waals surface area contributed by atoms with Gasteiger partial charge in [0.2, 0.25) is 5.78 Å². The molecule has 0 spiro atoms. The van der Waals surface area contributed by atoms with Crippen LogP contribution in [0.5, 0.6) is 0 Å². The normalized spacial score (nSPS) is 13.5. The van der Waals surface area contributed by atoms with Crippen molar-refractivity contribution in [3.63, 3.8) is 0 Å². The maximum absolute atomic E-state index is 12.0. The molecule has 0 aromatic rings. The lowest BCUT2D eigenvalue weighted by Gasteiger charge is -2.33. The number of rotatable bonds is 3. The van der Waals surface area contributed by atoms with E-state index in [4.69, 9.17) is 5.41 Å². The standard InChI is InChI=1S/C14H26N2O/c1-10(15)12(17)11(13(2,3)4)9-16(8)14(5,6)7/h9,15H,1-8H3/b11-9-,15-10?. The molecule has 0 amide bonds. The second kappa shape index (κ2) is 5.03. The topological polar surface area (TPSA) is 44.2 Å². The van der Waals surface area contributed by atoms with Gasteiger partial charge in [-0.1, -0.05) is 20.8 Å². The zero-order valence-corrected chi connectivity index (χ0v) is 12.4. The van der Waals surface area contributed by atoms with Crippen LogP contribution in [0.3, 0.4) is 0 Å². The highest BCUT2D eigenvalue weighted by Gasteiger charge is 2.27. The van der Waals surface area contributed by atoms with Crippen molar-refractivity contribution >= 4 is 11.5 Å². The first-order valence-electron chi connectivity index (χ1n) is 5.92. The quantitative estimate of drug-likeness (QED) is 0.606. The largest absolute Gasteiger partial charge is 0.375 e. The first-order chi connectivity index (χ1) is 7.37. The predicted molar refractivity (Wildman–Crippen MR) is 73.5 cm³/mol. The highest BCUT2D eigenvalue weighted by molar-refractivity contribution is 6.44. The van der Waals surface area contributed by atoms with Gasteiger partial charge >= 0.3 is 0 Å². The van der Waals surface area contributed by atoms with Crippen LogP contribution >= 0.6 is 0 Å². The van der Waals surface area contributed by atoms with Crippen LogP contribution in [0.25, 0.3) is 0 Å². The van der Waals surface area contributed by atoms with Crippen molar-refractivity contribution in [2.75, 3.05) is 7.05 Å². The third-order valence-corrected chi connectivity index (χ3v) is 2.77. The second-order valence-electron chi connectivity index (χ2n) is 6.53. The zero-order chi connectivity index (χ0) is 14.0. The van der Waals surface area contributed by atoms with Gasteiger partial charge in [0.1, 0.15) is 0 Å². The van der Waals surface area contributed by atoms with Crippen molar-refractivity contribution in [2.45, 2.75) is 54.0 Å². The lowest BCUT2D eigenvalue weighted by Crippen LogP contribution is -2.36. The van der Waals surface area contributed by atoms with Crippen LogP contribution in [0.1, 0.15) is 48.5 Å². The van der Waals surface area contributed by atoms with Crippen LogP contribution in [0.4, 0.5) is 0 Å². The molecule has 3 heteroatoms. The summed E-state index contributed by atoms with van der Waals surface area (Å²) in [6.07, 6.45) is 1.88. The molecule has 3 nitrogen and oxygen atoms in total. The highest BCUT2D eigenvalue weighted by Crippen LogP contribution is 2.28. The van der Waals surface area contributed by atoms with Gasteiger partial charge in [0.05, 0.1) is 5.71 Å². The van der Waals surface area contributed by atoms with Crippen LogP contribution in [-0.2, 0) is 4.79 Å². The Morgan fingerprint density at radius 2 is 1.53 bits per heavy atom. The number of allylic oxidation sites excluding steroid dienone is 1. The molecule has 1 N–H and O–H groups in total. The minimum atomic E-state index is -0.251. The Balaban J connectivity index is 5.44. The Morgan fingerprint density at radius 1 is 1.12 bits per heavy atom. The molecule has 0 radical (unpaired) electrons. The van der Waals surface area contributed by atoms with Gasteiger partial charge in [-0.15, -0.1) is 0 Å². The molecule has 98 valence electrons. The lowest BCUT2D eigenvalue weighted by molar-refractivity contribution is -0.110. The fourth-order valence-electron chi connectivity index (χ4n) is 1.18. The smallest absolute Gasteiger partial charge is 0.204 e. The van der Waals surface area contributed by atoms with Crippen molar-refractivity contribution in [3.05, 3.63) is 11.8 Å². The summed E-state index contributed by atoms with van der Waals surface area (Å²) in [5.41, 5.74) is 0.488. The molecule has 0 aromatic carbocycles. The summed E-state index contributed by atoms with van der Waals surface area (Å²) in [5.74, 6) is -0.173. The number of ketones is 1. The summed E-state index contributed by atoms with van der Waals surface area (Å²) < 4.78 is 0. The average molecular weight is 238 g/mol. The van der Waals surface area contributed by atoms with E-state index in [0.29, 0.717) is 5.57 Å². The molecule has 0 bridgehead atoms. The number of hydrogen-bond donors (Lipinski definition) is 1. The van der Waals surface area contributed by atoms with Crippen molar-refractivity contribution in [1.29, 1.82) is 5.41 Å². The summed E-state index contributed by atoms with van der Waals surface area (Å²) in [4.78, 5) is 14.1. The molecule has 0 aliphatic carbocycles. The number of Topliss-reactive ketones (excluding diaryl/α,β-unsaturated/α-hetero) is 1. The minimum absolute atomic E-state index is 0.0350. The fraction of sp³-hybridized carbons (Fsp3) is 0.714. The summed E-state index contributed by atoms with van der Waals surface area (Å²) in [6, 6.07) is 0. The van der Waals surface area contributed by atoms with Gasteiger partial charge in [-0.2, -0.15) is 0 Å². The van der Waals surface area contributed by atoms with Gasteiger partial charge in [0, 0.05) is 24.4 Å². The molecule has 17 heavy (non-hydrogen) atoms. The molecule has 0 saturated heterocycles. The Kier molecular flexibility index (Phi) is 4.70. The van der Waals surface area contributed by atoms with Gasteiger partial charge in [0.25, 0.3) is 0 Å². The van der Waals surface area contributed by atoms with Gasteiger partial charge < -0.3 is 10.3 Å². The summed E-state index contributed by atoms with van der Waals surface area (Å²) in [5, 5.41) is 7.50. The van der Waals surface area contributed by atoms with Crippen LogP contribution in [0.15, 0.2) is 11.8 Å². The third kappa shape index (κ3) is 4.72. The molecule has 0 fully saturated rings. The number of nitrogens with zero attached hydrogens (tertiary/aromatic N) is 1. The van der Waals surface area contributed by atoms with E-state index in [9.17, 15) is 4.79 Å². The van der Waals surface area contributed by atoms with Crippen LogP contribution in [-0.4, -0.2) is 29.0 Å². The molecular formula is C14H26N2O. The summed E-state index contributed by atoms with van der Waals surface area (Å²) in [6.45, 7) is 13.8. The molecule has 0 aliphatic heterocycles. The lowest BCUT2D eigenvalue weighted by atomic mass is 9.83. The summed E-state index contributed by atoms with van der Waals surface area (Å²) >= 11 is 0. The SMILES string of the molecule is CC(=N)C(=O)/C(=C/N(C)C(C)(C)C)C(C)(C)C. The molecule has 0 rings (SSSR count). The van der Waals surface area contributed by atoms with E-state index < -0.39 is 0 Å². The average Bonchev–Trinajstić information content (AvgIpc) is 2.08. The minimum Gasteiger partial charge on any atom is -0.375 e. The molecule has 0 saturated carbocycles. The highest BCUT2D eigenvalue weighted by atomic mass is 16.1. The Hall–Kier alpha value is -1.12. The maximum atomic E-state index is 12.0. The van der Waals surface area contributed by atoms with Crippen LogP contribution < -0.4 is 0 Å². The van der Waals surface area contributed by atoms with Gasteiger partial charge in [-0.05, 0) is 33.1 Å². The van der Waals surface area contributed by atoms with Gasteiger partial charge in [-0.25, -0.2) is 0 Å². The maximum Gasteiger partial charge on any atom is 0.204 e. The molecule has 0 aliphatic rings. The Morgan fingerprint density at radius 3 is 1.76 bits per heavy atom. The number of carbonyl (C=O) groups is 1. The van der Waals surface area contributed by atoms with Crippen molar-refractivity contribution in [3.8, 4) is 0 Å². The molecule has 0 atom stereocenters. The third-order valence-electron chi connectivity index (χ3n) is 2.77.